The monoisotopic (exact) mass is 544 g/mol. The largest absolute Gasteiger partial charge is 0.455 e. The van der Waals surface area contributed by atoms with Crippen molar-refractivity contribution in [1.82, 2.24) is 15.2 Å². The predicted octanol–water partition coefficient (Wildman–Crippen LogP) is 5.02. The van der Waals surface area contributed by atoms with E-state index in [4.69, 9.17) is 16.3 Å². The van der Waals surface area contributed by atoms with E-state index in [1.807, 2.05) is 47.8 Å². The van der Waals surface area contributed by atoms with Crippen molar-refractivity contribution < 1.29 is 14.3 Å². The number of carbonyl (C=O) groups is 2. The number of esters is 1. The lowest BCUT2D eigenvalue weighted by Crippen LogP contribution is -2.34. The molecule has 0 aliphatic carbocycles. The molecule has 0 atom stereocenters. The van der Waals surface area contributed by atoms with Crippen molar-refractivity contribution in [3.05, 3.63) is 111 Å². The zero-order valence-corrected chi connectivity index (χ0v) is 21.5. The number of hydrogen-bond donors (Lipinski definition) is 1. The van der Waals surface area contributed by atoms with Crippen LogP contribution >= 0.6 is 22.9 Å². The quantitative estimate of drug-likeness (QED) is 0.275. The second-order valence-electron chi connectivity index (χ2n) is 8.37. The highest BCUT2D eigenvalue weighted by molar-refractivity contribution is 7.14. The van der Waals surface area contributed by atoms with Gasteiger partial charge in [0.25, 0.3) is 11.5 Å². The van der Waals surface area contributed by atoms with Crippen LogP contribution in [-0.2, 0) is 27.3 Å². The van der Waals surface area contributed by atoms with Crippen LogP contribution in [0.25, 0.3) is 22.0 Å². The standard InChI is InChI=1S/C28H21ClN4O4S/c29-20-12-10-19(11-13-20)24-17-38-28(30-24)33(15-18-6-2-1-3-7-18)25(34)16-37-26(35)14-23-21-8-4-5-9-22(21)27(36)32-31-23/h1-13,17H,14-16H2,(H,32,36). The minimum Gasteiger partial charge on any atom is -0.455 e. The van der Waals surface area contributed by atoms with Gasteiger partial charge >= 0.3 is 5.97 Å². The molecule has 0 fully saturated rings. The number of aromatic nitrogens is 3. The van der Waals surface area contributed by atoms with Crippen LogP contribution in [0.3, 0.4) is 0 Å². The Bertz CT molecular complexity index is 1650. The van der Waals surface area contributed by atoms with Crippen molar-refractivity contribution >= 4 is 50.7 Å². The summed E-state index contributed by atoms with van der Waals surface area (Å²) in [6, 6.07) is 23.6. The molecule has 0 unspecified atom stereocenters. The highest BCUT2D eigenvalue weighted by Crippen LogP contribution is 2.29. The molecular weight excluding hydrogens is 524 g/mol. The molecule has 0 aliphatic heterocycles. The van der Waals surface area contributed by atoms with Crippen LogP contribution in [0.2, 0.25) is 5.02 Å². The Hall–Kier alpha value is -4.34. The Morgan fingerprint density at radius 1 is 0.947 bits per heavy atom. The Morgan fingerprint density at radius 2 is 1.66 bits per heavy atom. The lowest BCUT2D eigenvalue weighted by molar-refractivity contribution is -0.147. The molecule has 38 heavy (non-hydrogen) atoms. The SMILES string of the molecule is O=C(Cc1n[nH]c(=O)c2ccccc12)OCC(=O)N(Cc1ccccc1)c1nc(-c2ccc(Cl)cc2)cs1. The molecule has 8 nitrogen and oxygen atoms in total. The molecule has 1 amide bonds. The van der Waals surface area contributed by atoms with Crippen molar-refractivity contribution in [3.63, 3.8) is 0 Å². The second kappa shape index (κ2) is 11.4. The molecule has 190 valence electrons. The summed E-state index contributed by atoms with van der Waals surface area (Å²) in [6.07, 6.45) is -0.193. The van der Waals surface area contributed by atoms with Crippen LogP contribution in [0.15, 0.2) is 89.0 Å². The van der Waals surface area contributed by atoms with Gasteiger partial charge in [-0.1, -0.05) is 72.3 Å². The molecule has 0 bridgehead atoms. The molecule has 2 heterocycles. The first-order valence-electron chi connectivity index (χ1n) is 11.7. The maximum Gasteiger partial charge on any atom is 0.312 e. The average Bonchev–Trinajstić information content (AvgIpc) is 3.43. The van der Waals surface area contributed by atoms with Gasteiger partial charge in [-0.2, -0.15) is 5.10 Å². The highest BCUT2D eigenvalue weighted by Gasteiger charge is 2.22. The van der Waals surface area contributed by atoms with E-state index >= 15 is 0 Å². The Balaban J connectivity index is 1.32. The summed E-state index contributed by atoms with van der Waals surface area (Å²) in [5, 5.41) is 10.3. The van der Waals surface area contributed by atoms with E-state index in [1.165, 1.54) is 16.2 Å². The fourth-order valence-corrected chi connectivity index (χ4v) is 4.86. The second-order valence-corrected chi connectivity index (χ2v) is 9.64. The van der Waals surface area contributed by atoms with Crippen molar-refractivity contribution in [2.45, 2.75) is 13.0 Å². The summed E-state index contributed by atoms with van der Waals surface area (Å²) in [4.78, 5) is 44.1. The molecule has 2 aromatic heterocycles. The summed E-state index contributed by atoms with van der Waals surface area (Å²) >= 11 is 7.32. The first-order valence-corrected chi connectivity index (χ1v) is 12.9. The highest BCUT2D eigenvalue weighted by atomic mass is 35.5. The number of hydrogen-bond acceptors (Lipinski definition) is 7. The molecule has 0 radical (unpaired) electrons. The number of thiazole rings is 1. The van der Waals surface area contributed by atoms with Crippen LogP contribution in [0.5, 0.6) is 0 Å². The van der Waals surface area contributed by atoms with E-state index in [0.717, 1.165) is 11.1 Å². The average molecular weight is 545 g/mol. The van der Waals surface area contributed by atoms with Gasteiger partial charge in [0.05, 0.1) is 29.7 Å². The molecule has 0 aliphatic rings. The number of anilines is 1. The summed E-state index contributed by atoms with van der Waals surface area (Å²) in [7, 11) is 0. The molecule has 5 aromatic rings. The van der Waals surface area contributed by atoms with Gasteiger partial charge in [-0.25, -0.2) is 10.1 Å². The molecule has 0 saturated heterocycles. The van der Waals surface area contributed by atoms with Crippen LogP contribution in [0.1, 0.15) is 11.3 Å². The van der Waals surface area contributed by atoms with E-state index in [2.05, 4.69) is 15.2 Å². The molecule has 5 rings (SSSR count). The number of nitrogens with zero attached hydrogens (tertiary/aromatic N) is 3. The molecule has 3 aromatic carbocycles. The van der Waals surface area contributed by atoms with Gasteiger partial charge in [-0.05, 0) is 23.8 Å². The van der Waals surface area contributed by atoms with Gasteiger partial charge in [-0.3, -0.25) is 19.3 Å². The number of rotatable bonds is 8. The van der Waals surface area contributed by atoms with Crippen molar-refractivity contribution in [3.8, 4) is 11.3 Å². The first-order chi connectivity index (χ1) is 18.5. The summed E-state index contributed by atoms with van der Waals surface area (Å²) in [5.41, 5.74) is 2.51. The Morgan fingerprint density at radius 3 is 2.42 bits per heavy atom. The maximum absolute atomic E-state index is 13.3. The number of benzene rings is 3. The summed E-state index contributed by atoms with van der Waals surface area (Å²) in [5.74, 6) is -1.05. The smallest absolute Gasteiger partial charge is 0.312 e. The molecule has 1 N–H and O–H groups in total. The number of H-pyrrole nitrogens is 1. The Labute approximate surface area is 226 Å². The first kappa shape index (κ1) is 25.3. The van der Waals surface area contributed by atoms with Gasteiger partial charge in [-0.15, -0.1) is 11.3 Å². The van der Waals surface area contributed by atoms with Crippen LogP contribution in [-0.4, -0.2) is 33.7 Å². The number of amides is 1. The Kier molecular flexibility index (Phi) is 7.57. The van der Waals surface area contributed by atoms with Crippen molar-refractivity contribution in [2.75, 3.05) is 11.5 Å². The molecule has 10 heteroatoms. The third-order valence-corrected chi connectivity index (χ3v) is 6.91. The number of fused-ring (bicyclic) bond motifs is 1. The minimum atomic E-state index is -0.635. The summed E-state index contributed by atoms with van der Waals surface area (Å²) < 4.78 is 5.33. The van der Waals surface area contributed by atoms with Gasteiger partial charge in [0, 0.05) is 21.4 Å². The zero-order valence-electron chi connectivity index (χ0n) is 20.0. The third kappa shape index (κ3) is 5.80. The fourth-order valence-electron chi connectivity index (χ4n) is 3.88. The molecule has 0 saturated carbocycles. The van der Waals surface area contributed by atoms with Crippen molar-refractivity contribution in [1.29, 1.82) is 0 Å². The third-order valence-electron chi connectivity index (χ3n) is 5.79. The van der Waals surface area contributed by atoms with Crippen molar-refractivity contribution in [2.24, 2.45) is 0 Å². The number of halogens is 1. The molecular formula is C28H21ClN4O4S. The fraction of sp³-hybridized carbons (Fsp3) is 0.107. The van der Waals surface area contributed by atoms with Gasteiger partial charge in [0.2, 0.25) is 0 Å². The van der Waals surface area contributed by atoms with Gasteiger partial charge in [0.1, 0.15) is 0 Å². The lowest BCUT2D eigenvalue weighted by Gasteiger charge is -2.20. The van der Waals surface area contributed by atoms with Crippen LogP contribution < -0.4 is 10.5 Å². The van der Waals surface area contributed by atoms with Gasteiger partial charge in [0.15, 0.2) is 11.7 Å². The van der Waals surface area contributed by atoms with E-state index in [1.54, 1.807) is 36.4 Å². The minimum absolute atomic E-state index is 0.193. The maximum atomic E-state index is 13.3. The van der Waals surface area contributed by atoms with Crippen LogP contribution in [0, 0.1) is 0 Å². The van der Waals surface area contributed by atoms with E-state index in [0.29, 0.717) is 32.3 Å². The van der Waals surface area contributed by atoms with Gasteiger partial charge < -0.3 is 4.74 Å². The van der Waals surface area contributed by atoms with E-state index in [-0.39, 0.29) is 18.5 Å². The van der Waals surface area contributed by atoms with E-state index in [9.17, 15) is 14.4 Å². The molecule has 0 spiro atoms. The topological polar surface area (TPSA) is 105 Å². The predicted molar refractivity (Wildman–Crippen MR) is 147 cm³/mol. The number of carbonyl (C=O) groups excluding carboxylic acids is 2. The zero-order chi connectivity index (χ0) is 26.5. The van der Waals surface area contributed by atoms with Crippen LogP contribution in [0.4, 0.5) is 5.13 Å². The normalized spacial score (nSPS) is 10.9. The number of ether oxygens (including phenoxy) is 1. The number of nitrogens with one attached hydrogen (secondary N) is 1. The summed E-state index contributed by atoms with van der Waals surface area (Å²) in [6.45, 7) is -0.209. The number of aromatic amines is 1. The lowest BCUT2D eigenvalue weighted by atomic mass is 10.1. The van der Waals surface area contributed by atoms with E-state index < -0.39 is 18.5 Å².